The maximum absolute atomic E-state index is 6.27. The number of nitrogens with zero attached hydrogens (tertiary/aromatic N) is 1. The number of halogens is 1. The predicted molar refractivity (Wildman–Crippen MR) is 94.0 cm³/mol. The van der Waals surface area contributed by atoms with Crippen molar-refractivity contribution in [3.8, 4) is 0 Å². The van der Waals surface area contributed by atoms with Crippen molar-refractivity contribution in [1.29, 1.82) is 0 Å². The van der Waals surface area contributed by atoms with Crippen molar-refractivity contribution in [1.82, 2.24) is 4.90 Å². The number of ether oxygens (including phenoxy) is 2. The highest BCUT2D eigenvalue weighted by atomic mass is 35.5. The summed E-state index contributed by atoms with van der Waals surface area (Å²) >= 11 is 6.08. The summed E-state index contributed by atoms with van der Waals surface area (Å²) in [5.74, 6) is 0. The average molecular weight is 339 g/mol. The van der Waals surface area contributed by atoms with Gasteiger partial charge in [-0.2, -0.15) is 0 Å². The summed E-state index contributed by atoms with van der Waals surface area (Å²) < 4.78 is 11.7. The Labute approximate surface area is 143 Å². The van der Waals surface area contributed by atoms with Crippen molar-refractivity contribution in [2.75, 3.05) is 38.6 Å². The first-order valence-electron chi connectivity index (χ1n) is 8.71. The van der Waals surface area contributed by atoms with Crippen molar-refractivity contribution in [3.05, 3.63) is 28.8 Å². The summed E-state index contributed by atoms with van der Waals surface area (Å²) in [6.07, 6.45) is 6.25. The minimum absolute atomic E-state index is 0.353. The van der Waals surface area contributed by atoms with E-state index in [-0.39, 0.29) is 0 Å². The fraction of sp³-hybridized carbons (Fsp3) is 0.667. The first kappa shape index (κ1) is 17.0. The molecule has 1 aliphatic heterocycles. The van der Waals surface area contributed by atoms with Gasteiger partial charge in [0.1, 0.15) is 0 Å². The van der Waals surface area contributed by atoms with E-state index < -0.39 is 0 Å². The number of anilines is 1. The standard InChI is InChI=1S/C18H27ClN2O2/c19-15-13-14(5-6-16(15)20)7-10-23-18-4-2-1-3-17(18)21-8-11-22-12-9-21/h5-6,13,17-18H,1-4,7-12,20H2/t17?,18-/m0/s1. The predicted octanol–water partition coefficient (Wildman–Crippen LogP) is 3.12. The van der Waals surface area contributed by atoms with Gasteiger partial charge in [0.2, 0.25) is 0 Å². The van der Waals surface area contributed by atoms with Crippen LogP contribution in [0.3, 0.4) is 0 Å². The lowest BCUT2D eigenvalue weighted by Gasteiger charge is -2.41. The highest BCUT2D eigenvalue weighted by Gasteiger charge is 2.31. The minimum Gasteiger partial charge on any atom is -0.398 e. The lowest BCUT2D eigenvalue weighted by atomic mass is 9.91. The fourth-order valence-electron chi connectivity index (χ4n) is 3.65. The van der Waals surface area contributed by atoms with Gasteiger partial charge in [0.25, 0.3) is 0 Å². The van der Waals surface area contributed by atoms with Crippen LogP contribution in [-0.2, 0) is 15.9 Å². The van der Waals surface area contributed by atoms with E-state index in [0.717, 1.165) is 39.3 Å². The summed E-state index contributed by atoms with van der Waals surface area (Å²) in [6, 6.07) is 6.41. The van der Waals surface area contributed by atoms with Crippen molar-refractivity contribution >= 4 is 17.3 Å². The SMILES string of the molecule is Nc1ccc(CCO[C@H]2CCCCC2N2CCOCC2)cc1Cl. The quantitative estimate of drug-likeness (QED) is 0.838. The molecular formula is C18H27ClN2O2. The molecule has 0 amide bonds. The average Bonchev–Trinajstić information content (AvgIpc) is 2.59. The third kappa shape index (κ3) is 4.60. The van der Waals surface area contributed by atoms with Crippen LogP contribution in [0.15, 0.2) is 18.2 Å². The second kappa shape index (κ2) is 8.34. The number of benzene rings is 1. The normalized spacial score (nSPS) is 26.3. The zero-order valence-corrected chi connectivity index (χ0v) is 14.4. The van der Waals surface area contributed by atoms with Crippen LogP contribution in [-0.4, -0.2) is 50.0 Å². The Hall–Kier alpha value is -0.810. The van der Waals surface area contributed by atoms with Gasteiger partial charge >= 0.3 is 0 Å². The summed E-state index contributed by atoms with van der Waals surface area (Å²) in [7, 11) is 0. The van der Waals surface area contributed by atoms with Crippen LogP contribution < -0.4 is 5.73 Å². The number of morpholine rings is 1. The Bertz CT molecular complexity index is 506. The number of rotatable bonds is 5. The van der Waals surface area contributed by atoms with E-state index in [1.807, 2.05) is 18.2 Å². The van der Waals surface area contributed by atoms with E-state index in [9.17, 15) is 0 Å². The van der Waals surface area contributed by atoms with E-state index in [1.165, 1.54) is 31.2 Å². The highest BCUT2D eigenvalue weighted by molar-refractivity contribution is 6.33. The van der Waals surface area contributed by atoms with Crippen LogP contribution in [0.1, 0.15) is 31.2 Å². The molecule has 4 nitrogen and oxygen atoms in total. The Morgan fingerprint density at radius 3 is 2.78 bits per heavy atom. The van der Waals surface area contributed by atoms with E-state index >= 15 is 0 Å². The van der Waals surface area contributed by atoms with Crippen LogP contribution in [0, 0.1) is 0 Å². The van der Waals surface area contributed by atoms with Crippen LogP contribution >= 0.6 is 11.6 Å². The lowest BCUT2D eigenvalue weighted by molar-refractivity contribution is -0.0647. The van der Waals surface area contributed by atoms with Crippen molar-refractivity contribution in [3.63, 3.8) is 0 Å². The first-order valence-corrected chi connectivity index (χ1v) is 9.09. The molecule has 2 fully saturated rings. The molecule has 1 unspecified atom stereocenters. The van der Waals surface area contributed by atoms with Gasteiger partial charge in [-0.25, -0.2) is 0 Å². The van der Waals surface area contributed by atoms with Gasteiger partial charge in [0.15, 0.2) is 0 Å². The van der Waals surface area contributed by atoms with E-state index in [2.05, 4.69) is 4.90 Å². The zero-order valence-electron chi connectivity index (χ0n) is 13.7. The van der Waals surface area contributed by atoms with Crippen LogP contribution in [0.25, 0.3) is 0 Å². The molecule has 5 heteroatoms. The van der Waals surface area contributed by atoms with Gasteiger partial charge in [-0.3, -0.25) is 4.90 Å². The van der Waals surface area contributed by atoms with Gasteiger partial charge in [-0.05, 0) is 37.0 Å². The van der Waals surface area contributed by atoms with Crippen LogP contribution in [0.5, 0.6) is 0 Å². The smallest absolute Gasteiger partial charge is 0.0730 e. The second-order valence-electron chi connectivity index (χ2n) is 6.52. The molecule has 0 bridgehead atoms. The molecule has 2 N–H and O–H groups in total. The summed E-state index contributed by atoms with van der Waals surface area (Å²) in [5.41, 5.74) is 7.57. The Morgan fingerprint density at radius 2 is 2.00 bits per heavy atom. The maximum Gasteiger partial charge on any atom is 0.0730 e. The molecule has 0 aromatic heterocycles. The molecule has 1 aliphatic carbocycles. The Kier molecular flexibility index (Phi) is 6.17. The molecule has 1 heterocycles. The van der Waals surface area contributed by atoms with Gasteiger partial charge in [0, 0.05) is 19.1 Å². The summed E-state index contributed by atoms with van der Waals surface area (Å²) in [5, 5.41) is 0.631. The summed E-state index contributed by atoms with van der Waals surface area (Å²) in [4.78, 5) is 2.56. The van der Waals surface area contributed by atoms with Gasteiger partial charge in [-0.1, -0.05) is 30.5 Å². The molecule has 128 valence electrons. The van der Waals surface area contributed by atoms with Crippen molar-refractivity contribution in [2.24, 2.45) is 0 Å². The molecule has 0 radical (unpaired) electrons. The molecule has 1 aromatic rings. The minimum atomic E-state index is 0.353. The van der Waals surface area contributed by atoms with E-state index in [4.69, 9.17) is 26.8 Å². The van der Waals surface area contributed by atoms with E-state index in [1.54, 1.807) is 0 Å². The summed E-state index contributed by atoms with van der Waals surface area (Å²) in [6.45, 7) is 4.53. The molecular weight excluding hydrogens is 312 g/mol. The molecule has 2 atom stereocenters. The monoisotopic (exact) mass is 338 g/mol. The molecule has 2 aliphatic rings. The first-order chi connectivity index (χ1) is 11.2. The Balaban J connectivity index is 1.51. The maximum atomic E-state index is 6.27. The second-order valence-corrected chi connectivity index (χ2v) is 6.92. The van der Waals surface area contributed by atoms with Crippen molar-refractivity contribution in [2.45, 2.75) is 44.2 Å². The third-order valence-electron chi connectivity index (χ3n) is 4.97. The van der Waals surface area contributed by atoms with Crippen molar-refractivity contribution < 1.29 is 9.47 Å². The Morgan fingerprint density at radius 1 is 1.22 bits per heavy atom. The molecule has 3 rings (SSSR count). The molecule has 1 saturated carbocycles. The third-order valence-corrected chi connectivity index (χ3v) is 5.30. The van der Waals surface area contributed by atoms with Gasteiger partial charge < -0.3 is 15.2 Å². The zero-order chi connectivity index (χ0) is 16.1. The van der Waals surface area contributed by atoms with Crippen LogP contribution in [0.4, 0.5) is 5.69 Å². The van der Waals surface area contributed by atoms with Gasteiger partial charge in [0.05, 0.1) is 36.6 Å². The number of nitrogens with two attached hydrogens (primary N) is 1. The number of hydrogen-bond acceptors (Lipinski definition) is 4. The van der Waals surface area contributed by atoms with Crippen LogP contribution in [0.2, 0.25) is 5.02 Å². The molecule has 1 aromatic carbocycles. The van der Waals surface area contributed by atoms with E-state index in [0.29, 0.717) is 22.9 Å². The lowest BCUT2D eigenvalue weighted by Crippen LogP contribution is -2.51. The topological polar surface area (TPSA) is 47.7 Å². The molecule has 1 saturated heterocycles. The number of hydrogen-bond donors (Lipinski definition) is 1. The molecule has 0 spiro atoms. The fourth-order valence-corrected chi connectivity index (χ4v) is 3.86. The number of nitrogen functional groups attached to an aromatic ring is 1. The molecule has 23 heavy (non-hydrogen) atoms. The van der Waals surface area contributed by atoms with Gasteiger partial charge in [-0.15, -0.1) is 0 Å². The highest BCUT2D eigenvalue weighted by Crippen LogP contribution is 2.27. The largest absolute Gasteiger partial charge is 0.398 e.